The minimum atomic E-state index is -0.423. The van der Waals surface area contributed by atoms with Crippen molar-refractivity contribution < 1.29 is 19.1 Å². The molecule has 1 heterocycles. The van der Waals surface area contributed by atoms with Gasteiger partial charge >= 0.3 is 0 Å². The van der Waals surface area contributed by atoms with Crippen LogP contribution in [0.25, 0.3) is 5.57 Å². The average Bonchev–Trinajstić information content (AvgIpc) is 3.07. The van der Waals surface area contributed by atoms with Crippen molar-refractivity contribution in [3.8, 4) is 11.5 Å². The third-order valence-corrected chi connectivity index (χ3v) is 5.73. The first-order chi connectivity index (χ1) is 16.4. The summed E-state index contributed by atoms with van der Waals surface area (Å²) < 4.78 is 11.2. The molecule has 4 rings (SSSR count). The first-order valence-electron chi connectivity index (χ1n) is 11.4. The second kappa shape index (κ2) is 9.83. The lowest BCUT2D eigenvalue weighted by atomic mass is 9.99. The van der Waals surface area contributed by atoms with Gasteiger partial charge in [-0.3, -0.25) is 9.59 Å². The fraction of sp³-hybridized carbons (Fsp3) is 0.214. The third kappa shape index (κ3) is 4.39. The fourth-order valence-corrected chi connectivity index (χ4v) is 3.89. The summed E-state index contributed by atoms with van der Waals surface area (Å²) in [5.41, 5.74) is 4.48. The van der Waals surface area contributed by atoms with Crippen molar-refractivity contribution in [2.75, 3.05) is 23.4 Å². The predicted octanol–water partition coefficient (Wildman–Crippen LogP) is 5.50. The molecule has 174 valence electrons. The fourth-order valence-electron chi connectivity index (χ4n) is 3.89. The van der Waals surface area contributed by atoms with E-state index in [-0.39, 0.29) is 11.6 Å². The van der Waals surface area contributed by atoms with Gasteiger partial charge in [-0.2, -0.15) is 0 Å². The second-order valence-electron chi connectivity index (χ2n) is 7.98. The van der Waals surface area contributed by atoms with E-state index in [0.29, 0.717) is 47.2 Å². The van der Waals surface area contributed by atoms with Crippen LogP contribution in [0.15, 0.2) is 72.4 Å². The molecule has 6 nitrogen and oxygen atoms in total. The van der Waals surface area contributed by atoms with E-state index < -0.39 is 5.91 Å². The zero-order valence-corrected chi connectivity index (χ0v) is 19.8. The molecule has 0 aromatic heterocycles. The molecule has 2 amide bonds. The number of nitrogens with one attached hydrogen (secondary N) is 1. The van der Waals surface area contributed by atoms with Gasteiger partial charge in [-0.15, -0.1) is 0 Å². The van der Waals surface area contributed by atoms with E-state index in [1.807, 2.05) is 70.2 Å². The monoisotopic (exact) mass is 456 g/mol. The molecular formula is C28H28N2O4. The van der Waals surface area contributed by atoms with Crippen molar-refractivity contribution in [2.24, 2.45) is 0 Å². The lowest BCUT2D eigenvalue weighted by Crippen LogP contribution is -2.32. The Morgan fingerprint density at radius 1 is 0.794 bits per heavy atom. The number of aryl methyl sites for hydroxylation is 2. The number of imide groups is 1. The lowest BCUT2D eigenvalue weighted by Gasteiger charge is -2.16. The van der Waals surface area contributed by atoms with Gasteiger partial charge in [0.1, 0.15) is 17.2 Å². The second-order valence-corrected chi connectivity index (χ2v) is 7.98. The van der Waals surface area contributed by atoms with Crippen LogP contribution < -0.4 is 19.7 Å². The molecule has 1 aliphatic rings. The summed E-state index contributed by atoms with van der Waals surface area (Å²) in [5, 5.41) is 3.21. The van der Waals surface area contributed by atoms with Crippen molar-refractivity contribution in [1.82, 2.24) is 0 Å². The maximum absolute atomic E-state index is 13.7. The van der Waals surface area contributed by atoms with Crippen LogP contribution in [-0.2, 0) is 9.59 Å². The Balaban J connectivity index is 1.80. The minimum absolute atomic E-state index is 0.217. The van der Waals surface area contributed by atoms with Crippen molar-refractivity contribution in [2.45, 2.75) is 27.7 Å². The number of carbonyl (C=O) groups is 2. The van der Waals surface area contributed by atoms with Crippen molar-refractivity contribution in [3.63, 3.8) is 0 Å². The quantitative estimate of drug-likeness (QED) is 0.454. The molecule has 0 saturated carbocycles. The Kier molecular flexibility index (Phi) is 6.68. The molecule has 1 aliphatic heterocycles. The van der Waals surface area contributed by atoms with Gasteiger partial charge in [0.05, 0.1) is 30.2 Å². The van der Waals surface area contributed by atoms with Gasteiger partial charge < -0.3 is 14.8 Å². The van der Waals surface area contributed by atoms with Gasteiger partial charge in [-0.05, 0) is 80.8 Å². The zero-order valence-electron chi connectivity index (χ0n) is 19.8. The highest BCUT2D eigenvalue weighted by Crippen LogP contribution is 2.36. The summed E-state index contributed by atoms with van der Waals surface area (Å²) in [5.74, 6) is 0.482. The van der Waals surface area contributed by atoms with E-state index in [2.05, 4.69) is 5.32 Å². The van der Waals surface area contributed by atoms with Gasteiger partial charge in [-0.25, -0.2) is 4.90 Å². The SMILES string of the molecule is CCOc1ccc(N2C(=O)C(Nc3ccccc3OCC)=C(c3ccc(C)c(C)c3)C2=O)cc1. The Morgan fingerprint density at radius 2 is 1.50 bits per heavy atom. The molecule has 0 aliphatic carbocycles. The predicted molar refractivity (Wildman–Crippen MR) is 134 cm³/mol. The van der Waals surface area contributed by atoms with Gasteiger partial charge in [0, 0.05) is 0 Å². The van der Waals surface area contributed by atoms with Crippen LogP contribution in [0, 0.1) is 13.8 Å². The Labute approximate surface area is 199 Å². The van der Waals surface area contributed by atoms with E-state index >= 15 is 0 Å². The highest BCUT2D eigenvalue weighted by Gasteiger charge is 2.40. The van der Waals surface area contributed by atoms with Crippen LogP contribution >= 0.6 is 0 Å². The molecule has 6 heteroatoms. The average molecular weight is 457 g/mol. The summed E-state index contributed by atoms with van der Waals surface area (Å²) in [6.45, 7) is 8.81. The van der Waals surface area contributed by atoms with Crippen LogP contribution in [0.2, 0.25) is 0 Å². The number of hydrogen-bond donors (Lipinski definition) is 1. The number of ether oxygens (including phenoxy) is 2. The lowest BCUT2D eigenvalue weighted by molar-refractivity contribution is -0.120. The van der Waals surface area contributed by atoms with Gasteiger partial charge in [-0.1, -0.05) is 30.3 Å². The summed E-state index contributed by atoms with van der Waals surface area (Å²) in [7, 11) is 0. The molecule has 0 radical (unpaired) electrons. The van der Waals surface area contributed by atoms with Crippen molar-refractivity contribution >= 4 is 28.8 Å². The number of hydrogen-bond acceptors (Lipinski definition) is 5. The maximum Gasteiger partial charge on any atom is 0.282 e. The molecule has 0 fully saturated rings. The first-order valence-corrected chi connectivity index (χ1v) is 11.4. The summed E-state index contributed by atoms with van der Waals surface area (Å²) in [6, 6.07) is 20.1. The molecular weight excluding hydrogens is 428 g/mol. The van der Waals surface area contributed by atoms with Gasteiger partial charge in [0.15, 0.2) is 0 Å². The molecule has 1 N–H and O–H groups in total. The van der Waals surface area contributed by atoms with Crippen LogP contribution in [0.1, 0.15) is 30.5 Å². The number of amides is 2. The molecule has 0 bridgehead atoms. The van der Waals surface area contributed by atoms with Crippen LogP contribution in [-0.4, -0.2) is 25.0 Å². The molecule has 0 spiro atoms. The third-order valence-electron chi connectivity index (χ3n) is 5.73. The summed E-state index contributed by atoms with van der Waals surface area (Å²) in [6.07, 6.45) is 0. The van der Waals surface area contributed by atoms with Crippen LogP contribution in [0.4, 0.5) is 11.4 Å². The maximum atomic E-state index is 13.7. The topological polar surface area (TPSA) is 67.9 Å². The molecule has 0 atom stereocenters. The number of rotatable bonds is 8. The van der Waals surface area contributed by atoms with E-state index in [1.54, 1.807) is 24.3 Å². The molecule has 0 unspecified atom stereocenters. The molecule has 34 heavy (non-hydrogen) atoms. The Bertz CT molecular complexity index is 1260. The summed E-state index contributed by atoms with van der Waals surface area (Å²) in [4.78, 5) is 28.5. The van der Waals surface area contributed by atoms with Crippen molar-refractivity contribution in [3.05, 3.63) is 89.1 Å². The molecule has 3 aromatic carbocycles. The van der Waals surface area contributed by atoms with Gasteiger partial charge in [0.2, 0.25) is 0 Å². The minimum Gasteiger partial charge on any atom is -0.494 e. The molecule has 3 aromatic rings. The smallest absolute Gasteiger partial charge is 0.282 e. The standard InChI is InChI=1S/C28H28N2O4/c1-5-33-22-15-13-21(14-16-22)30-27(31)25(20-12-11-18(3)19(4)17-20)26(28(30)32)29-23-9-7-8-10-24(23)34-6-2/h7-17,29H,5-6H2,1-4H3. The molecule has 0 saturated heterocycles. The first kappa shape index (κ1) is 23.1. The highest BCUT2D eigenvalue weighted by atomic mass is 16.5. The number of benzene rings is 3. The van der Waals surface area contributed by atoms with E-state index in [1.165, 1.54) is 4.90 Å². The van der Waals surface area contributed by atoms with Gasteiger partial charge in [0.25, 0.3) is 11.8 Å². The van der Waals surface area contributed by atoms with Crippen molar-refractivity contribution in [1.29, 1.82) is 0 Å². The number of carbonyl (C=O) groups excluding carboxylic acids is 2. The van der Waals surface area contributed by atoms with Crippen LogP contribution in [0.5, 0.6) is 11.5 Å². The van der Waals surface area contributed by atoms with E-state index in [9.17, 15) is 9.59 Å². The Hall–Kier alpha value is -4.06. The summed E-state index contributed by atoms with van der Waals surface area (Å²) >= 11 is 0. The van der Waals surface area contributed by atoms with E-state index in [4.69, 9.17) is 9.47 Å². The zero-order chi connectivity index (χ0) is 24.2. The number of anilines is 2. The van der Waals surface area contributed by atoms with E-state index in [0.717, 1.165) is 11.1 Å². The van der Waals surface area contributed by atoms with Crippen LogP contribution in [0.3, 0.4) is 0 Å². The number of para-hydroxylation sites is 2. The Morgan fingerprint density at radius 3 is 2.18 bits per heavy atom. The normalized spacial score (nSPS) is 13.5. The largest absolute Gasteiger partial charge is 0.494 e. The highest BCUT2D eigenvalue weighted by molar-refractivity contribution is 6.46. The number of nitrogens with zero attached hydrogens (tertiary/aromatic N) is 1.